The van der Waals surface area contributed by atoms with Crippen LogP contribution in [0.15, 0.2) is 0 Å². The van der Waals surface area contributed by atoms with E-state index in [4.69, 9.17) is 5.73 Å². The highest BCUT2D eigenvalue weighted by atomic mass is 19.4. The molecule has 0 aromatic heterocycles. The lowest BCUT2D eigenvalue weighted by molar-refractivity contribution is -0.166. The lowest BCUT2D eigenvalue weighted by Crippen LogP contribution is -2.50. The molecule has 7 unspecified atom stereocenters. The van der Waals surface area contributed by atoms with Gasteiger partial charge < -0.3 is 5.73 Å². The summed E-state index contributed by atoms with van der Waals surface area (Å²) in [6.07, 6.45) is 3.18. The molecule has 3 fully saturated rings. The number of nitrogens with two attached hydrogens (primary N) is 1. The second kappa shape index (κ2) is 7.17. The Balaban J connectivity index is 2.06. The van der Waals surface area contributed by atoms with Crippen molar-refractivity contribution in [3.05, 3.63) is 0 Å². The van der Waals surface area contributed by atoms with E-state index in [1.807, 2.05) is 6.92 Å². The third-order valence-electron chi connectivity index (χ3n) is 9.36. The van der Waals surface area contributed by atoms with Gasteiger partial charge in [-0.25, -0.2) is 0 Å². The molecule has 0 bridgehead atoms. The van der Waals surface area contributed by atoms with E-state index < -0.39 is 28.5 Å². The first-order valence-electron chi connectivity index (χ1n) is 11.6. The SMILES string of the molecule is CCC1CC(C(C)C)CC(C)(N)[C@H](C23CCCC(C)CC2(C)C3C(F)(F)F)C1. The van der Waals surface area contributed by atoms with Crippen LogP contribution in [0.4, 0.5) is 13.2 Å². The summed E-state index contributed by atoms with van der Waals surface area (Å²) in [6, 6.07) is 0. The molecule has 0 saturated heterocycles. The molecule has 1 nitrogen and oxygen atoms in total. The fourth-order valence-corrected chi connectivity index (χ4v) is 8.08. The molecule has 0 spiro atoms. The Morgan fingerprint density at radius 1 is 1.11 bits per heavy atom. The lowest BCUT2D eigenvalue weighted by Gasteiger charge is -2.43. The maximum atomic E-state index is 14.3. The van der Waals surface area contributed by atoms with E-state index in [1.165, 1.54) is 0 Å². The van der Waals surface area contributed by atoms with E-state index >= 15 is 0 Å². The molecule has 3 saturated carbocycles. The van der Waals surface area contributed by atoms with Crippen LogP contribution in [-0.4, -0.2) is 11.7 Å². The van der Waals surface area contributed by atoms with Gasteiger partial charge in [0.25, 0.3) is 0 Å². The molecule has 28 heavy (non-hydrogen) atoms. The minimum absolute atomic E-state index is 0.0318. The van der Waals surface area contributed by atoms with Gasteiger partial charge in [-0.05, 0) is 79.4 Å². The molecule has 3 aliphatic carbocycles. The molecule has 0 radical (unpaired) electrons. The van der Waals surface area contributed by atoms with Gasteiger partial charge >= 0.3 is 6.18 Å². The predicted molar refractivity (Wildman–Crippen MR) is 110 cm³/mol. The molecule has 0 amide bonds. The largest absolute Gasteiger partial charge is 0.392 e. The molecule has 0 aromatic rings. The van der Waals surface area contributed by atoms with E-state index in [-0.39, 0.29) is 5.92 Å². The summed E-state index contributed by atoms with van der Waals surface area (Å²) >= 11 is 0. The highest BCUT2D eigenvalue weighted by Crippen LogP contribution is 2.83. The zero-order valence-corrected chi connectivity index (χ0v) is 18.8. The third-order valence-corrected chi connectivity index (χ3v) is 9.36. The monoisotopic (exact) mass is 401 g/mol. The Morgan fingerprint density at radius 3 is 2.29 bits per heavy atom. The van der Waals surface area contributed by atoms with Gasteiger partial charge in [0, 0.05) is 5.54 Å². The highest BCUT2D eigenvalue weighted by molar-refractivity contribution is 5.27. The molecule has 0 aromatic carbocycles. The van der Waals surface area contributed by atoms with Crippen LogP contribution < -0.4 is 5.73 Å². The van der Waals surface area contributed by atoms with Crippen LogP contribution in [0.3, 0.4) is 0 Å². The summed E-state index contributed by atoms with van der Waals surface area (Å²) in [5.41, 5.74) is 5.18. The third kappa shape index (κ3) is 3.44. The molecular weight excluding hydrogens is 359 g/mol. The topological polar surface area (TPSA) is 26.0 Å². The van der Waals surface area contributed by atoms with Gasteiger partial charge in [0.05, 0.1) is 5.92 Å². The van der Waals surface area contributed by atoms with E-state index in [0.29, 0.717) is 36.5 Å². The second-order valence-corrected chi connectivity index (χ2v) is 11.6. The average Bonchev–Trinajstić information content (AvgIpc) is 3.13. The van der Waals surface area contributed by atoms with Crippen LogP contribution in [0.1, 0.15) is 92.9 Å². The molecule has 3 rings (SSSR count). The van der Waals surface area contributed by atoms with Crippen molar-refractivity contribution in [3.63, 3.8) is 0 Å². The van der Waals surface area contributed by atoms with Crippen molar-refractivity contribution >= 4 is 0 Å². The van der Waals surface area contributed by atoms with Gasteiger partial charge in [-0.1, -0.05) is 53.9 Å². The minimum atomic E-state index is -4.12. The van der Waals surface area contributed by atoms with Gasteiger partial charge in [0.1, 0.15) is 0 Å². The second-order valence-electron chi connectivity index (χ2n) is 11.6. The van der Waals surface area contributed by atoms with Crippen molar-refractivity contribution < 1.29 is 13.2 Å². The first-order chi connectivity index (χ1) is 12.8. The zero-order chi connectivity index (χ0) is 21.1. The summed E-state index contributed by atoms with van der Waals surface area (Å²) in [6.45, 7) is 12.9. The van der Waals surface area contributed by atoms with Gasteiger partial charge in [-0.15, -0.1) is 0 Å². The van der Waals surface area contributed by atoms with Crippen LogP contribution in [0.2, 0.25) is 0 Å². The fourth-order valence-electron chi connectivity index (χ4n) is 8.08. The van der Waals surface area contributed by atoms with Crippen molar-refractivity contribution in [3.8, 4) is 0 Å². The normalized spacial score (nSPS) is 50.0. The fraction of sp³-hybridized carbons (Fsp3) is 1.00. The average molecular weight is 402 g/mol. The van der Waals surface area contributed by atoms with Crippen LogP contribution in [-0.2, 0) is 0 Å². The zero-order valence-electron chi connectivity index (χ0n) is 18.8. The standard InChI is InChI=1S/C24H42F3N/c1-7-17-11-18(15(2)3)14-22(6,28)19(12-17)23-10-8-9-16(4)13-21(23,5)20(23)24(25,26)27/h15-20H,7-14,28H2,1-6H3/t16?,17?,18?,19-,20?,21?,22?,23?/m1/s1. The number of fused-ring (bicyclic) bond motifs is 1. The van der Waals surface area contributed by atoms with Crippen LogP contribution in [0, 0.1) is 46.3 Å². The maximum absolute atomic E-state index is 14.3. The van der Waals surface area contributed by atoms with Crippen LogP contribution >= 0.6 is 0 Å². The van der Waals surface area contributed by atoms with Gasteiger partial charge in [-0.2, -0.15) is 13.2 Å². The Kier molecular flexibility index (Phi) is 5.74. The number of rotatable bonds is 3. The van der Waals surface area contributed by atoms with Crippen molar-refractivity contribution in [1.82, 2.24) is 0 Å². The summed E-state index contributed by atoms with van der Waals surface area (Å²) in [7, 11) is 0. The Morgan fingerprint density at radius 2 is 1.75 bits per heavy atom. The quantitative estimate of drug-likeness (QED) is 0.497. The van der Waals surface area contributed by atoms with E-state index in [1.54, 1.807) is 0 Å². The molecule has 4 heteroatoms. The first kappa shape index (κ1) is 22.4. The predicted octanol–water partition coefficient (Wildman–Crippen LogP) is 7.20. The molecule has 8 atom stereocenters. The Hall–Kier alpha value is -0.250. The molecule has 164 valence electrons. The van der Waals surface area contributed by atoms with E-state index in [2.05, 4.69) is 34.6 Å². The van der Waals surface area contributed by atoms with Gasteiger partial charge in [-0.3, -0.25) is 0 Å². The molecule has 0 aliphatic heterocycles. The number of alkyl halides is 3. The number of halogens is 3. The van der Waals surface area contributed by atoms with Crippen LogP contribution in [0.25, 0.3) is 0 Å². The van der Waals surface area contributed by atoms with Gasteiger partial charge in [0.15, 0.2) is 0 Å². The Bertz CT molecular complexity index is 569. The lowest BCUT2D eigenvalue weighted by atomic mass is 9.65. The maximum Gasteiger partial charge on any atom is 0.392 e. The number of hydrogen-bond acceptors (Lipinski definition) is 1. The molecular formula is C24H42F3N. The highest BCUT2D eigenvalue weighted by Gasteiger charge is 2.84. The summed E-state index contributed by atoms with van der Waals surface area (Å²) < 4.78 is 43.0. The van der Waals surface area contributed by atoms with Gasteiger partial charge in [0.2, 0.25) is 0 Å². The summed E-state index contributed by atoms with van der Waals surface area (Å²) in [5, 5.41) is 0. The van der Waals surface area contributed by atoms with Crippen molar-refractivity contribution in [1.29, 1.82) is 0 Å². The first-order valence-corrected chi connectivity index (χ1v) is 11.6. The van der Waals surface area contributed by atoms with Crippen molar-refractivity contribution in [2.24, 2.45) is 52.1 Å². The molecule has 0 heterocycles. The summed E-state index contributed by atoms with van der Waals surface area (Å²) in [4.78, 5) is 0. The molecule has 2 N–H and O–H groups in total. The molecule has 3 aliphatic rings. The van der Waals surface area contributed by atoms with Crippen molar-refractivity contribution in [2.75, 3.05) is 0 Å². The Labute approximate surface area is 170 Å². The smallest absolute Gasteiger partial charge is 0.325 e. The minimum Gasteiger partial charge on any atom is -0.325 e. The summed E-state index contributed by atoms with van der Waals surface area (Å²) in [5.74, 6) is 0.717. The van der Waals surface area contributed by atoms with E-state index in [0.717, 1.165) is 38.5 Å². The number of hydrogen-bond donors (Lipinski definition) is 1. The van der Waals surface area contributed by atoms with E-state index in [9.17, 15) is 13.2 Å². The van der Waals surface area contributed by atoms with Crippen molar-refractivity contribution in [2.45, 2.75) is 105 Å². The van der Waals surface area contributed by atoms with Crippen LogP contribution in [0.5, 0.6) is 0 Å².